The molecule has 1 fully saturated rings. The lowest BCUT2D eigenvalue weighted by Crippen LogP contribution is -2.47. The van der Waals surface area contributed by atoms with Crippen molar-refractivity contribution in [3.8, 4) is 0 Å². The number of ether oxygens (including phenoxy) is 1. The Labute approximate surface area is 220 Å². The number of nitrogens with zero attached hydrogens (tertiary/aromatic N) is 3. The van der Waals surface area contributed by atoms with Crippen LogP contribution in [0.25, 0.3) is 0 Å². The van der Waals surface area contributed by atoms with E-state index in [0.29, 0.717) is 45.0 Å². The topological polar surface area (TPSA) is 66.2 Å². The van der Waals surface area contributed by atoms with Crippen LogP contribution < -0.4 is 0 Å². The van der Waals surface area contributed by atoms with Crippen LogP contribution >= 0.6 is 0 Å². The number of benzene rings is 1. The van der Waals surface area contributed by atoms with Gasteiger partial charge in [-0.2, -0.15) is 0 Å². The van der Waals surface area contributed by atoms with E-state index in [4.69, 9.17) is 9.15 Å². The molecule has 0 bridgehead atoms. The van der Waals surface area contributed by atoms with Crippen molar-refractivity contribution in [2.75, 3.05) is 45.9 Å². The van der Waals surface area contributed by atoms with Gasteiger partial charge in [-0.3, -0.25) is 14.5 Å². The number of carbonyl (C=O) groups is 2. The average Bonchev–Trinajstić information content (AvgIpc) is 3.32. The highest BCUT2D eigenvalue weighted by Gasteiger charge is 2.23. The molecule has 0 saturated carbocycles. The molecule has 204 valence electrons. The molecule has 3 rings (SSSR count). The molecule has 2 amide bonds. The SMILES string of the molecule is CCCCCCCC(=O)N(CCN1CCOCC1)CC(=O)N(Cc1ccc(F)cc1)Cc1ccc(C)o1. The Morgan fingerprint density at radius 3 is 2.32 bits per heavy atom. The summed E-state index contributed by atoms with van der Waals surface area (Å²) in [6.07, 6.45) is 5.79. The van der Waals surface area contributed by atoms with Crippen molar-refractivity contribution < 1.29 is 23.1 Å². The Morgan fingerprint density at radius 1 is 0.919 bits per heavy atom. The molecule has 0 spiro atoms. The first-order valence-corrected chi connectivity index (χ1v) is 13.6. The summed E-state index contributed by atoms with van der Waals surface area (Å²) in [5, 5.41) is 0. The van der Waals surface area contributed by atoms with Crippen molar-refractivity contribution >= 4 is 11.8 Å². The average molecular weight is 516 g/mol. The fourth-order valence-corrected chi connectivity index (χ4v) is 4.48. The number of furan rings is 1. The maximum atomic E-state index is 13.6. The van der Waals surface area contributed by atoms with Crippen LogP contribution in [0.15, 0.2) is 40.8 Å². The van der Waals surface area contributed by atoms with E-state index in [1.807, 2.05) is 19.1 Å². The molecule has 1 aliphatic rings. The van der Waals surface area contributed by atoms with Crippen LogP contribution in [0.5, 0.6) is 0 Å². The lowest BCUT2D eigenvalue weighted by atomic mass is 10.1. The Hall–Kier alpha value is -2.71. The van der Waals surface area contributed by atoms with Gasteiger partial charge in [-0.25, -0.2) is 4.39 Å². The molecular formula is C29H42FN3O4. The van der Waals surface area contributed by atoms with Crippen molar-refractivity contribution in [2.45, 2.75) is 65.5 Å². The van der Waals surface area contributed by atoms with Gasteiger partial charge in [0.15, 0.2) is 0 Å². The summed E-state index contributed by atoms with van der Waals surface area (Å²) in [5.74, 6) is 1.00. The summed E-state index contributed by atoms with van der Waals surface area (Å²) in [6, 6.07) is 9.88. The zero-order valence-electron chi connectivity index (χ0n) is 22.4. The summed E-state index contributed by atoms with van der Waals surface area (Å²) >= 11 is 0. The van der Waals surface area contributed by atoms with Gasteiger partial charge in [0.1, 0.15) is 17.3 Å². The molecule has 1 saturated heterocycles. The number of rotatable bonds is 15. The summed E-state index contributed by atoms with van der Waals surface area (Å²) in [4.78, 5) is 32.5. The number of halogens is 1. The molecule has 2 aromatic rings. The number of aryl methyl sites for hydroxylation is 1. The van der Waals surface area contributed by atoms with E-state index in [1.165, 1.54) is 18.6 Å². The minimum Gasteiger partial charge on any atom is -0.464 e. The van der Waals surface area contributed by atoms with Crippen LogP contribution in [0.4, 0.5) is 4.39 Å². The Kier molecular flexibility index (Phi) is 12.1. The molecule has 1 aromatic carbocycles. The first-order chi connectivity index (χ1) is 17.9. The van der Waals surface area contributed by atoms with E-state index < -0.39 is 0 Å². The largest absolute Gasteiger partial charge is 0.464 e. The van der Waals surface area contributed by atoms with Crippen molar-refractivity contribution in [2.24, 2.45) is 0 Å². The first-order valence-electron chi connectivity index (χ1n) is 13.6. The highest BCUT2D eigenvalue weighted by Crippen LogP contribution is 2.15. The van der Waals surface area contributed by atoms with Crippen LogP contribution in [0.3, 0.4) is 0 Å². The molecule has 0 unspecified atom stereocenters. The number of amides is 2. The third kappa shape index (κ3) is 10.3. The molecule has 8 heteroatoms. The van der Waals surface area contributed by atoms with E-state index in [2.05, 4.69) is 11.8 Å². The molecule has 1 aliphatic heterocycles. The molecule has 37 heavy (non-hydrogen) atoms. The van der Waals surface area contributed by atoms with Crippen molar-refractivity contribution in [3.63, 3.8) is 0 Å². The second-order valence-electron chi connectivity index (χ2n) is 9.82. The van der Waals surface area contributed by atoms with Crippen LogP contribution in [-0.4, -0.2) is 72.5 Å². The lowest BCUT2D eigenvalue weighted by Gasteiger charge is -2.31. The van der Waals surface area contributed by atoms with Gasteiger partial charge in [0.2, 0.25) is 11.8 Å². The smallest absolute Gasteiger partial charge is 0.242 e. The molecule has 0 aliphatic carbocycles. The summed E-state index contributed by atoms with van der Waals surface area (Å²) in [6.45, 7) is 8.91. The molecule has 1 aromatic heterocycles. The van der Waals surface area contributed by atoms with Gasteiger partial charge in [-0.1, -0.05) is 44.7 Å². The van der Waals surface area contributed by atoms with Gasteiger partial charge in [0.25, 0.3) is 0 Å². The molecule has 7 nitrogen and oxygen atoms in total. The Morgan fingerprint density at radius 2 is 1.65 bits per heavy atom. The van der Waals surface area contributed by atoms with E-state index in [-0.39, 0.29) is 30.7 Å². The second-order valence-corrected chi connectivity index (χ2v) is 9.82. The standard InChI is InChI=1S/C29H42FN3O4/c1-3-4-5-6-7-8-28(34)32(16-15-31-17-19-36-20-18-31)23-29(35)33(22-27-14-9-24(2)37-27)21-25-10-12-26(30)13-11-25/h9-14H,3-8,15-23H2,1-2H3. The summed E-state index contributed by atoms with van der Waals surface area (Å²) in [7, 11) is 0. The zero-order valence-corrected chi connectivity index (χ0v) is 22.4. The quantitative estimate of drug-likeness (QED) is 0.320. The number of hydrogen-bond donors (Lipinski definition) is 0. The third-order valence-electron chi connectivity index (χ3n) is 6.74. The molecule has 0 radical (unpaired) electrons. The highest BCUT2D eigenvalue weighted by molar-refractivity contribution is 5.84. The van der Waals surface area contributed by atoms with Gasteiger partial charge in [0.05, 0.1) is 26.3 Å². The van der Waals surface area contributed by atoms with Crippen molar-refractivity contribution in [3.05, 3.63) is 59.3 Å². The molecular weight excluding hydrogens is 473 g/mol. The number of carbonyl (C=O) groups excluding carboxylic acids is 2. The van der Waals surface area contributed by atoms with Crippen LogP contribution in [0, 0.1) is 12.7 Å². The minimum absolute atomic E-state index is 0.0129. The Balaban J connectivity index is 1.68. The predicted molar refractivity (Wildman–Crippen MR) is 141 cm³/mol. The van der Waals surface area contributed by atoms with Crippen molar-refractivity contribution in [1.29, 1.82) is 0 Å². The third-order valence-corrected chi connectivity index (χ3v) is 6.74. The van der Waals surface area contributed by atoms with Crippen molar-refractivity contribution in [1.82, 2.24) is 14.7 Å². The molecule has 0 atom stereocenters. The van der Waals surface area contributed by atoms with E-state index >= 15 is 0 Å². The van der Waals surface area contributed by atoms with Gasteiger partial charge in [-0.05, 0) is 43.2 Å². The van der Waals surface area contributed by atoms with Gasteiger partial charge in [0, 0.05) is 39.1 Å². The zero-order chi connectivity index (χ0) is 26.5. The minimum atomic E-state index is -0.317. The fourth-order valence-electron chi connectivity index (χ4n) is 4.48. The van der Waals surface area contributed by atoms with Gasteiger partial charge in [-0.15, -0.1) is 0 Å². The van der Waals surface area contributed by atoms with Gasteiger partial charge >= 0.3 is 0 Å². The molecule has 2 heterocycles. The van der Waals surface area contributed by atoms with E-state index in [1.54, 1.807) is 21.9 Å². The lowest BCUT2D eigenvalue weighted by molar-refractivity contribution is -0.141. The number of hydrogen-bond acceptors (Lipinski definition) is 5. The van der Waals surface area contributed by atoms with Gasteiger partial charge < -0.3 is 19.0 Å². The van der Waals surface area contributed by atoms with E-state index in [0.717, 1.165) is 50.1 Å². The van der Waals surface area contributed by atoms with Crippen LogP contribution in [0.2, 0.25) is 0 Å². The van der Waals surface area contributed by atoms with E-state index in [9.17, 15) is 14.0 Å². The molecule has 0 N–H and O–H groups in total. The fraction of sp³-hybridized carbons (Fsp3) is 0.586. The van der Waals surface area contributed by atoms with Crippen LogP contribution in [-0.2, 0) is 27.4 Å². The second kappa shape index (κ2) is 15.5. The van der Waals surface area contributed by atoms with Crippen LogP contribution in [0.1, 0.15) is 62.5 Å². The maximum Gasteiger partial charge on any atom is 0.242 e. The monoisotopic (exact) mass is 515 g/mol. The summed E-state index contributed by atoms with van der Waals surface area (Å²) in [5.41, 5.74) is 0.820. The highest BCUT2D eigenvalue weighted by atomic mass is 19.1. The Bertz CT molecular complexity index is 956. The first kappa shape index (κ1) is 28.9. The number of morpholine rings is 1. The summed E-state index contributed by atoms with van der Waals surface area (Å²) < 4.78 is 24.6. The normalized spacial score (nSPS) is 14.0. The predicted octanol–water partition coefficient (Wildman–Crippen LogP) is 4.78. The number of unbranched alkanes of at least 4 members (excludes halogenated alkanes) is 4. The maximum absolute atomic E-state index is 13.6.